The molecule has 0 aliphatic carbocycles. The number of aromatic nitrogens is 3. The number of rotatable bonds is 8. The minimum atomic E-state index is 0.00361. The molecule has 3 rings (SSSR count). The Kier molecular flexibility index (Phi) is 6.77. The van der Waals surface area contributed by atoms with Crippen molar-refractivity contribution in [3.8, 4) is 5.82 Å². The van der Waals surface area contributed by atoms with E-state index in [1.165, 1.54) is 5.56 Å². The van der Waals surface area contributed by atoms with E-state index in [1.807, 2.05) is 36.9 Å². The summed E-state index contributed by atoms with van der Waals surface area (Å²) in [6, 6.07) is 14.2. The maximum atomic E-state index is 13.3. The van der Waals surface area contributed by atoms with E-state index in [-0.39, 0.29) is 5.91 Å². The van der Waals surface area contributed by atoms with E-state index in [0.717, 1.165) is 23.6 Å². The zero-order valence-corrected chi connectivity index (χ0v) is 17.7. The fourth-order valence-electron chi connectivity index (χ4n) is 3.40. The van der Waals surface area contributed by atoms with Gasteiger partial charge >= 0.3 is 0 Å². The summed E-state index contributed by atoms with van der Waals surface area (Å²) in [6.07, 6.45) is 4.10. The molecule has 0 aliphatic rings. The zero-order chi connectivity index (χ0) is 20.8. The molecule has 2 aromatic heterocycles. The van der Waals surface area contributed by atoms with Crippen LogP contribution in [0.3, 0.4) is 0 Å². The third-order valence-corrected chi connectivity index (χ3v) is 4.86. The van der Waals surface area contributed by atoms with Crippen LogP contribution >= 0.6 is 0 Å². The molecular formula is C23H29N5O. The van der Waals surface area contributed by atoms with Gasteiger partial charge in [0.25, 0.3) is 5.91 Å². The Bertz CT molecular complexity index is 932. The highest BCUT2D eigenvalue weighted by atomic mass is 16.2. The quantitative estimate of drug-likeness (QED) is 0.589. The normalized spacial score (nSPS) is 11.1. The summed E-state index contributed by atoms with van der Waals surface area (Å²) in [4.78, 5) is 21.6. The van der Waals surface area contributed by atoms with E-state index in [4.69, 9.17) is 0 Å². The lowest BCUT2D eigenvalue weighted by Crippen LogP contribution is -2.31. The molecule has 3 aromatic rings. The lowest BCUT2D eigenvalue weighted by atomic mass is 10.1. The van der Waals surface area contributed by atoms with Crippen LogP contribution in [0.15, 0.2) is 54.9 Å². The molecule has 6 nitrogen and oxygen atoms in total. The second-order valence-corrected chi connectivity index (χ2v) is 7.33. The van der Waals surface area contributed by atoms with Gasteiger partial charge in [-0.2, -0.15) is 5.10 Å². The summed E-state index contributed by atoms with van der Waals surface area (Å²) in [5.41, 5.74) is 3.91. The summed E-state index contributed by atoms with van der Waals surface area (Å²) in [5.74, 6) is 0.729. The molecule has 6 heteroatoms. The lowest BCUT2D eigenvalue weighted by Gasteiger charge is -2.21. The Morgan fingerprint density at radius 2 is 1.69 bits per heavy atom. The molecule has 2 heterocycles. The summed E-state index contributed by atoms with van der Waals surface area (Å²) in [7, 11) is 4.11. The first-order valence-electron chi connectivity index (χ1n) is 10.0. The van der Waals surface area contributed by atoms with E-state index < -0.39 is 0 Å². The molecule has 152 valence electrons. The summed E-state index contributed by atoms with van der Waals surface area (Å²) in [5, 5.41) is 4.44. The van der Waals surface area contributed by atoms with Gasteiger partial charge in [0.05, 0.1) is 17.5 Å². The molecule has 29 heavy (non-hydrogen) atoms. The first-order valence-corrected chi connectivity index (χ1v) is 10.0. The van der Waals surface area contributed by atoms with E-state index in [0.29, 0.717) is 25.1 Å². The molecule has 0 radical (unpaired) electrons. The average molecular weight is 392 g/mol. The van der Waals surface area contributed by atoms with Crippen LogP contribution in [-0.2, 0) is 19.5 Å². The van der Waals surface area contributed by atoms with Crippen molar-refractivity contribution in [2.45, 2.75) is 33.4 Å². The number of amides is 1. The summed E-state index contributed by atoms with van der Waals surface area (Å²) in [6.45, 7) is 6.16. The van der Waals surface area contributed by atoms with Gasteiger partial charge < -0.3 is 9.80 Å². The van der Waals surface area contributed by atoms with Gasteiger partial charge in [-0.1, -0.05) is 37.3 Å². The van der Waals surface area contributed by atoms with Gasteiger partial charge in [-0.3, -0.25) is 4.79 Å². The Labute approximate surface area is 172 Å². The van der Waals surface area contributed by atoms with Gasteiger partial charge in [0.1, 0.15) is 0 Å². The second kappa shape index (κ2) is 9.47. The van der Waals surface area contributed by atoms with Crippen molar-refractivity contribution in [3.05, 3.63) is 77.2 Å². The minimum absolute atomic E-state index is 0.00361. The number of hydrogen-bond donors (Lipinski definition) is 0. The lowest BCUT2D eigenvalue weighted by molar-refractivity contribution is 0.0751. The highest BCUT2D eigenvalue weighted by molar-refractivity contribution is 5.95. The smallest absolute Gasteiger partial charge is 0.257 e. The monoisotopic (exact) mass is 391 g/mol. The molecule has 0 saturated carbocycles. The van der Waals surface area contributed by atoms with Crippen LogP contribution in [0.4, 0.5) is 0 Å². The molecule has 0 spiro atoms. The number of nitrogens with zero attached hydrogens (tertiary/aromatic N) is 5. The zero-order valence-electron chi connectivity index (χ0n) is 17.7. The highest BCUT2D eigenvalue weighted by Crippen LogP contribution is 2.18. The van der Waals surface area contributed by atoms with Crippen LogP contribution in [0.1, 0.15) is 41.0 Å². The first kappa shape index (κ1) is 20.7. The Morgan fingerprint density at radius 1 is 1.00 bits per heavy atom. The number of carbonyl (C=O) groups is 1. The molecular weight excluding hydrogens is 362 g/mol. The van der Waals surface area contributed by atoms with Crippen LogP contribution < -0.4 is 0 Å². The Morgan fingerprint density at radius 3 is 2.24 bits per heavy atom. The maximum Gasteiger partial charge on any atom is 0.257 e. The third kappa shape index (κ3) is 4.90. The van der Waals surface area contributed by atoms with Crippen LogP contribution in [0.25, 0.3) is 5.82 Å². The minimum Gasteiger partial charge on any atom is -0.334 e. The molecule has 1 amide bonds. The molecule has 0 bridgehead atoms. The first-order chi connectivity index (χ1) is 14.0. The number of carbonyl (C=O) groups excluding carboxylic acids is 1. The molecule has 0 saturated heterocycles. The average Bonchev–Trinajstić information content (AvgIpc) is 3.17. The number of pyridine rings is 1. The van der Waals surface area contributed by atoms with Crippen LogP contribution in [0, 0.1) is 0 Å². The van der Waals surface area contributed by atoms with Gasteiger partial charge in [-0.15, -0.1) is 0 Å². The van der Waals surface area contributed by atoms with Crippen molar-refractivity contribution in [2.75, 3.05) is 20.6 Å². The van der Waals surface area contributed by atoms with Crippen LogP contribution in [-0.4, -0.2) is 51.1 Å². The van der Waals surface area contributed by atoms with E-state index >= 15 is 0 Å². The summed E-state index contributed by atoms with van der Waals surface area (Å²) >= 11 is 0. The third-order valence-electron chi connectivity index (χ3n) is 4.86. The predicted molar refractivity (Wildman–Crippen MR) is 115 cm³/mol. The van der Waals surface area contributed by atoms with Crippen molar-refractivity contribution in [2.24, 2.45) is 0 Å². The predicted octanol–water partition coefficient (Wildman–Crippen LogP) is 3.55. The van der Waals surface area contributed by atoms with Crippen molar-refractivity contribution in [3.63, 3.8) is 0 Å². The van der Waals surface area contributed by atoms with E-state index in [9.17, 15) is 4.79 Å². The van der Waals surface area contributed by atoms with Crippen molar-refractivity contribution in [1.29, 1.82) is 0 Å². The standard InChI is InChI=1S/C23H29N5O/c1-5-21-20(15-25-28(21)22-9-7-8-14-24-22)23(29)27(6-2)17-19-12-10-18(11-13-19)16-26(3)4/h7-15H,5-6,16-17H2,1-4H3. The van der Waals surface area contributed by atoms with Crippen molar-refractivity contribution in [1.82, 2.24) is 24.6 Å². The van der Waals surface area contributed by atoms with Gasteiger partial charge in [0, 0.05) is 25.8 Å². The largest absolute Gasteiger partial charge is 0.334 e. The highest BCUT2D eigenvalue weighted by Gasteiger charge is 2.22. The fraction of sp³-hybridized carbons (Fsp3) is 0.348. The van der Waals surface area contributed by atoms with Gasteiger partial charge in [0.15, 0.2) is 5.82 Å². The van der Waals surface area contributed by atoms with Crippen LogP contribution in [0.5, 0.6) is 0 Å². The topological polar surface area (TPSA) is 54.3 Å². The van der Waals surface area contributed by atoms with Crippen molar-refractivity contribution < 1.29 is 4.79 Å². The van der Waals surface area contributed by atoms with E-state index in [2.05, 4.69) is 53.3 Å². The van der Waals surface area contributed by atoms with E-state index in [1.54, 1.807) is 17.1 Å². The van der Waals surface area contributed by atoms with Crippen LogP contribution in [0.2, 0.25) is 0 Å². The Balaban J connectivity index is 1.80. The Hall–Kier alpha value is -2.99. The molecule has 0 N–H and O–H groups in total. The molecule has 0 atom stereocenters. The second-order valence-electron chi connectivity index (χ2n) is 7.33. The molecule has 1 aromatic carbocycles. The van der Waals surface area contributed by atoms with Crippen molar-refractivity contribution >= 4 is 5.91 Å². The SMILES string of the molecule is CCc1c(C(=O)N(CC)Cc2ccc(CN(C)C)cc2)cnn1-c1ccccn1. The summed E-state index contributed by atoms with van der Waals surface area (Å²) < 4.78 is 1.76. The number of hydrogen-bond acceptors (Lipinski definition) is 4. The molecule has 0 fully saturated rings. The molecule has 0 aliphatic heterocycles. The van der Waals surface area contributed by atoms with Gasteiger partial charge in [-0.05, 0) is 50.7 Å². The van der Waals surface area contributed by atoms with Gasteiger partial charge in [-0.25, -0.2) is 9.67 Å². The fourth-order valence-corrected chi connectivity index (χ4v) is 3.40. The number of benzene rings is 1. The molecule has 0 unspecified atom stereocenters. The maximum absolute atomic E-state index is 13.3. The van der Waals surface area contributed by atoms with Gasteiger partial charge in [0.2, 0.25) is 0 Å².